The van der Waals surface area contributed by atoms with Crippen LogP contribution in [0.2, 0.25) is 0 Å². The summed E-state index contributed by atoms with van der Waals surface area (Å²) in [5, 5.41) is 2.56. The zero-order valence-corrected chi connectivity index (χ0v) is 13.8. The summed E-state index contributed by atoms with van der Waals surface area (Å²) in [4.78, 5) is 18.4. The molecule has 1 N–H and O–H groups in total. The van der Waals surface area contributed by atoms with E-state index in [0.29, 0.717) is 16.3 Å². The highest BCUT2D eigenvalue weighted by molar-refractivity contribution is 7.17. The Balaban J connectivity index is 1.85. The molecule has 0 aliphatic heterocycles. The number of aromatic nitrogens is 2. The van der Waals surface area contributed by atoms with Gasteiger partial charge in [0.25, 0.3) is 5.91 Å². The van der Waals surface area contributed by atoms with Crippen molar-refractivity contribution < 1.29 is 18.0 Å². The van der Waals surface area contributed by atoms with Crippen molar-refractivity contribution in [2.75, 3.05) is 0 Å². The SMILES string of the molecule is Cc1cn2c(C(=O)NCc3ccccc3C(F)(F)F)c(C)nc2s1. The predicted octanol–water partition coefficient (Wildman–Crippen LogP) is 3.96. The summed E-state index contributed by atoms with van der Waals surface area (Å²) in [7, 11) is 0. The first kappa shape index (κ1) is 16.5. The van der Waals surface area contributed by atoms with Crippen LogP contribution in [-0.2, 0) is 12.7 Å². The van der Waals surface area contributed by atoms with Gasteiger partial charge in [0.05, 0.1) is 11.3 Å². The van der Waals surface area contributed by atoms with E-state index in [2.05, 4.69) is 10.3 Å². The number of fused-ring (bicyclic) bond motifs is 1. The van der Waals surface area contributed by atoms with Crippen LogP contribution in [0.3, 0.4) is 0 Å². The number of benzene rings is 1. The van der Waals surface area contributed by atoms with E-state index in [-0.39, 0.29) is 12.1 Å². The molecular formula is C16H14F3N3OS. The summed E-state index contributed by atoms with van der Waals surface area (Å²) >= 11 is 1.45. The summed E-state index contributed by atoms with van der Waals surface area (Å²) in [6.45, 7) is 3.40. The van der Waals surface area contributed by atoms with Crippen molar-refractivity contribution in [2.24, 2.45) is 0 Å². The number of hydrogen-bond donors (Lipinski definition) is 1. The third-order valence-electron chi connectivity index (χ3n) is 3.59. The third-order valence-corrected chi connectivity index (χ3v) is 4.49. The second-order valence-electron chi connectivity index (χ2n) is 5.38. The maximum absolute atomic E-state index is 13.0. The quantitative estimate of drug-likeness (QED) is 0.775. The van der Waals surface area contributed by atoms with E-state index in [1.807, 2.05) is 6.92 Å². The molecule has 1 aromatic carbocycles. The van der Waals surface area contributed by atoms with E-state index >= 15 is 0 Å². The molecule has 0 bridgehead atoms. The van der Waals surface area contributed by atoms with Gasteiger partial charge in [-0.2, -0.15) is 13.2 Å². The van der Waals surface area contributed by atoms with Gasteiger partial charge in [-0.25, -0.2) is 4.98 Å². The minimum absolute atomic E-state index is 0.0262. The molecule has 1 amide bonds. The average molecular weight is 353 g/mol. The first-order chi connectivity index (χ1) is 11.3. The zero-order valence-electron chi connectivity index (χ0n) is 12.9. The number of imidazole rings is 1. The molecule has 0 unspecified atom stereocenters. The number of halogens is 3. The normalized spacial score (nSPS) is 11.9. The lowest BCUT2D eigenvalue weighted by atomic mass is 10.1. The number of rotatable bonds is 3. The molecule has 0 saturated carbocycles. The Kier molecular flexibility index (Phi) is 4.08. The molecule has 0 saturated heterocycles. The van der Waals surface area contributed by atoms with E-state index in [1.54, 1.807) is 17.5 Å². The van der Waals surface area contributed by atoms with E-state index in [1.165, 1.54) is 29.5 Å². The second kappa shape index (κ2) is 5.94. The lowest BCUT2D eigenvalue weighted by Crippen LogP contribution is -2.26. The number of alkyl halides is 3. The topological polar surface area (TPSA) is 46.4 Å². The lowest BCUT2D eigenvalue weighted by molar-refractivity contribution is -0.138. The minimum atomic E-state index is -4.45. The molecule has 8 heteroatoms. The maximum Gasteiger partial charge on any atom is 0.416 e. The molecule has 2 heterocycles. The van der Waals surface area contributed by atoms with Gasteiger partial charge in [-0.1, -0.05) is 18.2 Å². The van der Waals surface area contributed by atoms with E-state index in [9.17, 15) is 18.0 Å². The molecule has 3 rings (SSSR count). The average Bonchev–Trinajstić information content (AvgIpc) is 2.98. The summed E-state index contributed by atoms with van der Waals surface area (Å²) in [5.41, 5.74) is 0.173. The number of hydrogen-bond acceptors (Lipinski definition) is 3. The Bertz CT molecular complexity index is 911. The van der Waals surface area contributed by atoms with Gasteiger partial charge >= 0.3 is 6.18 Å². The van der Waals surface area contributed by atoms with Crippen LogP contribution in [0.25, 0.3) is 4.96 Å². The van der Waals surface area contributed by atoms with Crippen molar-refractivity contribution >= 4 is 22.2 Å². The van der Waals surface area contributed by atoms with Gasteiger partial charge in [-0.3, -0.25) is 9.20 Å². The molecule has 0 radical (unpaired) electrons. The minimum Gasteiger partial charge on any atom is -0.347 e. The number of thiazole rings is 1. The number of carbonyl (C=O) groups excluding carboxylic acids is 1. The molecule has 0 spiro atoms. The monoisotopic (exact) mass is 353 g/mol. The molecule has 126 valence electrons. The Morgan fingerprint density at radius 3 is 2.71 bits per heavy atom. The Labute approximate surface area is 139 Å². The summed E-state index contributed by atoms with van der Waals surface area (Å²) in [6, 6.07) is 5.21. The highest BCUT2D eigenvalue weighted by Crippen LogP contribution is 2.31. The number of nitrogens with one attached hydrogen (secondary N) is 1. The first-order valence-corrected chi connectivity index (χ1v) is 7.97. The van der Waals surface area contributed by atoms with Crippen molar-refractivity contribution in [1.29, 1.82) is 0 Å². The van der Waals surface area contributed by atoms with Crippen LogP contribution in [0, 0.1) is 13.8 Å². The standard InChI is InChI=1S/C16H14F3N3OS/c1-9-8-22-13(10(2)21-15(22)24-9)14(23)20-7-11-5-3-4-6-12(11)16(17,18)19/h3-6,8H,7H2,1-2H3,(H,20,23). The van der Waals surface area contributed by atoms with Gasteiger partial charge in [0.2, 0.25) is 0 Å². The van der Waals surface area contributed by atoms with Crippen molar-refractivity contribution in [3.05, 3.63) is 57.9 Å². The number of carbonyl (C=O) groups is 1. The Morgan fingerprint density at radius 2 is 2.00 bits per heavy atom. The molecule has 2 aromatic heterocycles. The third kappa shape index (κ3) is 3.01. The number of aryl methyl sites for hydroxylation is 2. The van der Waals surface area contributed by atoms with E-state index < -0.39 is 17.6 Å². The summed E-state index contributed by atoms with van der Waals surface area (Å²) < 4.78 is 40.7. The van der Waals surface area contributed by atoms with Crippen LogP contribution in [0.5, 0.6) is 0 Å². The number of amides is 1. The van der Waals surface area contributed by atoms with Crippen LogP contribution < -0.4 is 5.32 Å². The van der Waals surface area contributed by atoms with E-state index in [0.717, 1.165) is 10.9 Å². The van der Waals surface area contributed by atoms with Gasteiger partial charge in [0, 0.05) is 17.6 Å². The van der Waals surface area contributed by atoms with Crippen molar-refractivity contribution in [3.63, 3.8) is 0 Å². The van der Waals surface area contributed by atoms with Crippen LogP contribution >= 0.6 is 11.3 Å². The fraction of sp³-hybridized carbons (Fsp3) is 0.250. The van der Waals surface area contributed by atoms with Crippen LogP contribution in [0.1, 0.15) is 32.2 Å². The molecule has 0 aliphatic rings. The molecular weight excluding hydrogens is 339 g/mol. The highest BCUT2D eigenvalue weighted by Gasteiger charge is 2.33. The molecule has 3 aromatic rings. The van der Waals surface area contributed by atoms with Crippen LogP contribution in [-0.4, -0.2) is 15.3 Å². The fourth-order valence-corrected chi connectivity index (χ4v) is 3.42. The van der Waals surface area contributed by atoms with Gasteiger partial charge < -0.3 is 5.32 Å². The van der Waals surface area contributed by atoms with Crippen molar-refractivity contribution in [3.8, 4) is 0 Å². The fourth-order valence-electron chi connectivity index (χ4n) is 2.55. The Hall–Kier alpha value is -2.35. The van der Waals surface area contributed by atoms with Crippen molar-refractivity contribution in [1.82, 2.24) is 14.7 Å². The predicted molar refractivity (Wildman–Crippen MR) is 85.2 cm³/mol. The first-order valence-electron chi connectivity index (χ1n) is 7.16. The Morgan fingerprint density at radius 1 is 1.29 bits per heavy atom. The van der Waals surface area contributed by atoms with Gasteiger partial charge in [0.1, 0.15) is 5.69 Å². The summed E-state index contributed by atoms with van der Waals surface area (Å²) in [6.07, 6.45) is -2.66. The van der Waals surface area contributed by atoms with Crippen LogP contribution in [0.4, 0.5) is 13.2 Å². The maximum atomic E-state index is 13.0. The molecule has 0 atom stereocenters. The summed E-state index contributed by atoms with van der Waals surface area (Å²) in [5.74, 6) is -0.449. The van der Waals surface area contributed by atoms with Gasteiger partial charge in [-0.05, 0) is 25.5 Å². The smallest absolute Gasteiger partial charge is 0.347 e. The molecule has 24 heavy (non-hydrogen) atoms. The number of nitrogens with zero attached hydrogens (tertiary/aromatic N) is 2. The highest BCUT2D eigenvalue weighted by atomic mass is 32.1. The van der Waals surface area contributed by atoms with Gasteiger partial charge in [0.15, 0.2) is 4.96 Å². The van der Waals surface area contributed by atoms with Crippen LogP contribution in [0.15, 0.2) is 30.5 Å². The molecule has 0 fully saturated rings. The zero-order chi connectivity index (χ0) is 17.5. The lowest BCUT2D eigenvalue weighted by Gasteiger charge is -2.13. The second-order valence-corrected chi connectivity index (χ2v) is 6.59. The largest absolute Gasteiger partial charge is 0.416 e. The van der Waals surface area contributed by atoms with Crippen molar-refractivity contribution in [2.45, 2.75) is 26.6 Å². The molecule has 0 aliphatic carbocycles. The molecule has 4 nitrogen and oxygen atoms in total. The van der Waals surface area contributed by atoms with E-state index in [4.69, 9.17) is 0 Å². The van der Waals surface area contributed by atoms with Gasteiger partial charge in [-0.15, -0.1) is 11.3 Å².